The molecule has 0 aromatic heterocycles. The zero-order valence-electron chi connectivity index (χ0n) is 18.6. The minimum atomic E-state index is -0.469. The molecule has 0 radical (unpaired) electrons. The maximum absolute atomic E-state index is 12.8. The van der Waals surface area contributed by atoms with Gasteiger partial charge in [0.25, 0.3) is 0 Å². The van der Waals surface area contributed by atoms with Crippen molar-refractivity contribution in [1.82, 2.24) is 4.90 Å². The van der Waals surface area contributed by atoms with E-state index in [1.165, 1.54) is 20.0 Å². The minimum Gasteiger partial charge on any atom is -0.465 e. The van der Waals surface area contributed by atoms with Gasteiger partial charge in [0.05, 0.1) is 18.4 Å². The molecule has 0 bridgehead atoms. The molecule has 1 amide bonds. The summed E-state index contributed by atoms with van der Waals surface area (Å²) >= 11 is 0. The summed E-state index contributed by atoms with van der Waals surface area (Å²) < 4.78 is 4.91. The van der Waals surface area contributed by atoms with Crippen LogP contribution >= 0.6 is 0 Å². The number of benzene rings is 3. The molecule has 1 heterocycles. The van der Waals surface area contributed by atoms with Gasteiger partial charge in [-0.1, -0.05) is 42.5 Å². The van der Waals surface area contributed by atoms with Crippen molar-refractivity contribution in [3.63, 3.8) is 0 Å². The third-order valence-electron chi connectivity index (χ3n) is 5.90. The third kappa shape index (κ3) is 5.06. The fourth-order valence-corrected chi connectivity index (χ4v) is 4.16. The monoisotopic (exact) mass is 428 g/mol. The molecule has 4 rings (SSSR count). The number of carbonyl (C=O) groups is 2. The van der Waals surface area contributed by atoms with E-state index in [0.29, 0.717) is 11.3 Å². The number of ether oxygens (including phenoxy) is 1. The molecule has 1 N–H and O–H groups in total. The van der Waals surface area contributed by atoms with Gasteiger partial charge in [-0.25, -0.2) is 4.79 Å². The molecule has 0 unspecified atom stereocenters. The Labute approximate surface area is 188 Å². The quantitative estimate of drug-likeness (QED) is 0.430. The lowest BCUT2D eigenvalue weighted by Gasteiger charge is -2.16. The first-order valence-corrected chi connectivity index (χ1v) is 11.0. The lowest BCUT2D eigenvalue weighted by Crippen LogP contribution is -2.19. The highest BCUT2D eigenvalue weighted by atomic mass is 16.5. The van der Waals surface area contributed by atoms with Crippen LogP contribution in [0.1, 0.15) is 41.3 Å². The summed E-state index contributed by atoms with van der Waals surface area (Å²) in [5.41, 5.74) is 3.71. The van der Waals surface area contributed by atoms with Crippen LogP contribution in [0.15, 0.2) is 66.7 Å². The van der Waals surface area contributed by atoms with E-state index in [2.05, 4.69) is 34.5 Å². The number of fused-ring (bicyclic) bond motifs is 1. The first kappa shape index (κ1) is 21.8. The number of methoxy groups -OCH3 is 1. The van der Waals surface area contributed by atoms with E-state index in [4.69, 9.17) is 4.74 Å². The van der Waals surface area contributed by atoms with Crippen LogP contribution in [0.4, 0.5) is 5.69 Å². The second-order valence-corrected chi connectivity index (χ2v) is 8.23. The summed E-state index contributed by atoms with van der Waals surface area (Å²) in [6.45, 7) is 4.87. The number of nitrogens with zero attached hydrogens (tertiary/aromatic N) is 1. The molecule has 0 saturated carbocycles. The second kappa shape index (κ2) is 9.79. The van der Waals surface area contributed by atoms with Gasteiger partial charge in [-0.2, -0.15) is 0 Å². The zero-order valence-corrected chi connectivity index (χ0v) is 18.6. The van der Waals surface area contributed by atoms with Crippen LogP contribution in [-0.2, 0) is 16.1 Å². The Hall–Kier alpha value is -3.44. The molecule has 3 aromatic rings. The largest absolute Gasteiger partial charge is 0.465 e. The Balaban J connectivity index is 1.56. The number of hydrogen-bond donors (Lipinski definition) is 1. The van der Waals surface area contributed by atoms with E-state index in [1.807, 2.05) is 37.3 Å². The molecule has 164 valence electrons. The van der Waals surface area contributed by atoms with Crippen LogP contribution in [0.5, 0.6) is 0 Å². The maximum atomic E-state index is 12.8. The van der Waals surface area contributed by atoms with Gasteiger partial charge in [0.1, 0.15) is 0 Å². The number of allylic oxidation sites excluding steroid dienone is 1. The van der Waals surface area contributed by atoms with Gasteiger partial charge < -0.3 is 10.1 Å². The van der Waals surface area contributed by atoms with Gasteiger partial charge in [-0.3, -0.25) is 9.69 Å². The number of esters is 1. The van der Waals surface area contributed by atoms with Crippen molar-refractivity contribution in [2.45, 2.75) is 26.3 Å². The average molecular weight is 429 g/mol. The van der Waals surface area contributed by atoms with Crippen molar-refractivity contribution in [3.05, 3.63) is 83.4 Å². The zero-order chi connectivity index (χ0) is 22.5. The summed E-state index contributed by atoms with van der Waals surface area (Å²) in [5.74, 6) is -0.748. The van der Waals surface area contributed by atoms with Crippen LogP contribution in [0.3, 0.4) is 0 Å². The van der Waals surface area contributed by atoms with E-state index in [9.17, 15) is 9.59 Å². The third-order valence-corrected chi connectivity index (χ3v) is 5.90. The average Bonchev–Trinajstić information content (AvgIpc) is 3.31. The van der Waals surface area contributed by atoms with Gasteiger partial charge in [-0.15, -0.1) is 0 Å². The summed E-state index contributed by atoms with van der Waals surface area (Å²) in [4.78, 5) is 27.4. The van der Waals surface area contributed by atoms with Gasteiger partial charge in [0.2, 0.25) is 5.91 Å². The number of amides is 1. The van der Waals surface area contributed by atoms with E-state index in [-0.39, 0.29) is 5.91 Å². The molecule has 5 heteroatoms. The molecular weight excluding hydrogens is 400 g/mol. The molecule has 1 fully saturated rings. The van der Waals surface area contributed by atoms with Crippen LogP contribution in [0.2, 0.25) is 0 Å². The predicted octanol–water partition coefficient (Wildman–Crippen LogP) is 5.26. The fourth-order valence-electron chi connectivity index (χ4n) is 4.16. The number of hydrogen-bond acceptors (Lipinski definition) is 4. The summed E-state index contributed by atoms with van der Waals surface area (Å²) in [6, 6.07) is 19.8. The standard InChI is InChI=1S/C27H28N2O3/c1-19(22-11-10-21-7-3-4-8-23(21)17-22)15-26(30)28-25-16-20(18-29-13-5-6-14-29)9-12-24(25)27(31)32-2/h3-4,7-12,15-17H,5-6,13-14,18H2,1-2H3,(H,28,30)/b19-15-. The van der Waals surface area contributed by atoms with E-state index >= 15 is 0 Å². The molecule has 1 saturated heterocycles. The molecule has 5 nitrogen and oxygen atoms in total. The highest BCUT2D eigenvalue weighted by molar-refractivity contribution is 6.07. The molecule has 0 spiro atoms. The molecule has 1 aliphatic rings. The molecule has 0 atom stereocenters. The Morgan fingerprint density at radius 3 is 2.50 bits per heavy atom. The SMILES string of the molecule is COC(=O)c1ccc(CN2CCCC2)cc1NC(=O)/C=C(/C)c1ccc2ccccc2c1. The lowest BCUT2D eigenvalue weighted by molar-refractivity contribution is -0.111. The number of anilines is 1. The van der Waals surface area contributed by atoms with Gasteiger partial charge in [0, 0.05) is 12.6 Å². The number of rotatable bonds is 6. The Morgan fingerprint density at radius 2 is 1.75 bits per heavy atom. The topological polar surface area (TPSA) is 58.6 Å². The van der Waals surface area contributed by atoms with E-state index in [0.717, 1.165) is 47.1 Å². The maximum Gasteiger partial charge on any atom is 0.339 e. The minimum absolute atomic E-state index is 0.279. The molecule has 0 aliphatic carbocycles. The van der Waals surface area contributed by atoms with E-state index in [1.54, 1.807) is 12.1 Å². The number of nitrogens with one attached hydrogen (secondary N) is 1. The van der Waals surface area contributed by atoms with Crippen molar-refractivity contribution in [1.29, 1.82) is 0 Å². The highest BCUT2D eigenvalue weighted by Crippen LogP contribution is 2.23. The fraction of sp³-hybridized carbons (Fsp3) is 0.259. The Morgan fingerprint density at radius 1 is 1.00 bits per heavy atom. The molecule has 3 aromatic carbocycles. The van der Waals surface area contributed by atoms with Gasteiger partial charge >= 0.3 is 5.97 Å². The molecular formula is C27H28N2O3. The summed E-state index contributed by atoms with van der Waals surface area (Å²) in [7, 11) is 1.34. The van der Waals surface area contributed by atoms with Crippen LogP contribution in [-0.4, -0.2) is 37.0 Å². The first-order valence-electron chi connectivity index (χ1n) is 11.0. The van der Waals surface area contributed by atoms with Crippen molar-refractivity contribution < 1.29 is 14.3 Å². The summed E-state index contributed by atoms with van der Waals surface area (Å²) in [5, 5.41) is 5.18. The highest BCUT2D eigenvalue weighted by Gasteiger charge is 2.17. The lowest BCUT2D eigenvalue weighted by atomic mass is 10.0. The molecule has 1 aliphatic heterocycles. The number of carbonyl (C=O) groups excluding carboxylic acids is 2. The second-order valence-electron chi connectivity index (χ2n) is 8.23. The normalized spacial score (nSPS) is 14.5. The van der Waals surface area contributed by atoms with Crippen molar-refractivity contribution in [2.75, 3.05) is 25.5 Å². The first-order chi connectivity index (χ1) is 15.5. The Kier molecular flexibility index (Phi) is 6.66. The molecule has 32 heavy (non-hydrogen) atoms. The van der Waals surface area contributed by atoms with Crippen molar-refractivity contribution >= 4 is 33.9 Å². The van der Waals surface area contributed by atoms with Gasteiger partial charge in [0.15, 0.2) is 0 Å². The smallest absolute Gasteiger partial charge is 0.339 e. The summed E-state index contributed by atoms with van der Waals surface area (Å²) in [6.07, 6.45) is 3.99. The van der Waals surface area contributed by atoms with Crippen molar-refractivity contribution in [3.8, 4) is 0 Å². The van der Waals surface area contributed by atoms with Crippen LogP contribution in [0.25, 0.3) is 16.3 Å². The van der Waals surface area contributed by atoms with Crippen LogP contribution in [0, 0.1) is 0 Å². The van der Waals surface area contributed by atoms with Gasteiger partial charge in [-0.05, 0) is 78.5 Å². The van der Waals surface area contributed by atoms with E-state index < -0.39 is 5.97 Å². The Bertz CT molecular complexity index is 1180. The predicted molar refractivity (Wildman–Crippen MR) is 129 cm³/mol. The van der Waals surface area contributed by atoms with Crippen LogP contribution < -0.4 is 5.32 Å². The van der Waals surface area contributed by atoms with Crippen molar-refractivity contribution in [2.24, 2.45) is 0 Å². The number of likely N-dealkylation sites (tertiary alicyclic amines) is 1.